The summed E-state index contributed by atoms with van der Waals surface area (Å²) in [7, 11) is 0. The van der Waals surface area contributed by atoms with Crippen LogP contribution < -0.4 is 10.6 Å². The molecule has 0 radical (unpaired) electrons. The van der Waals surface area contributed by atoms with Crippen LogP contribution in [0.25, 0.3) is 0 Å². The minimum atomic E-state index is -0.197. The molecular weight excluding hydrogens is 239 g/mol. The van der Waals surface area contributed by atoms with Crippen LogP contribution in [0.4, 0.5) is 10.1 Å². The van der Waals surface area contributed by atoms with Gasteiger partial charge in [-0.25, -0.2) is 4.39 Å². The van der Waals surface area contributed by atoms with Gasteiger partial charge in [-0.3, -0.25) is 0 Å². The molecule has 3 heteroatoms. The molecule has 1 fully saturated rings. The third-order valence-corrected chi connectivity index (χ3v) is 4.13. The summed E-state index contributed by atoms with van der Waals surface area (Å²) in [5.74, 6) is 0.664. The van der Waals surface area contributed by atoms with Crippen molar-refractivity contribution in [3.05, 3.63) is 29.6 Å². The lowest BCUT2D eigenvalue weighted by Gasteiger charge is -2.35. The Morgan fingerprint density at radius 1 is 1.37 bits per heavy atom. The molecule has 2 rings (SSSR count). The summed E-state index contributed by atoms with van der Waals surface area (Å²) < 4.78 is 13.4. The standard InChI is InChI=1S/C16H25FN2/c1-3-4-13-7-9-19(10-8-13)16-6-5-14(17)11-15(16)12(2)18/h5-6,11-13H,3-4,7-10,18H2,1-2H3/t12-/m0/s1. The smallest absolute Gasteiger partial charge is 0.123 e. The van der Waals surface area contributed by atoms with Gasteiger partial charge in [-0.15, -0.1) is 0 Å². The topological polar surface area (TPSA) is 29.3 Å². The second-order valence-electron chi connectivity index (χ2n) is 5.71. The molecule has 1 aliphatic heterocycles. The molecule has 1 aromatic carbocycles. The van der Waals surface area contributed by atoms with E-state index in [9.17, 15) is 4.39 Å². The maximum absolute atomic E-state index is 13.4. The van der Waals surface area contributed by atoms with Gasteiger partial charge in [0.05, 0.1) is 0 Å². The molecule has 106 valence electrons. The molecule has 19 heavy (non-hydrogen) atoms. The Kier molecular flexibility index (Phi) is 4.81. The first kappa shape index (κ1) is 14.3. The minimum Gasteiger partial charge on any atom is -0.371 e. The molecule has 0 aliphatic carbocycles. The average molecular weight is 264 g/mol. The molecule has 2 nitrogen and oxygen atoms in total. The zero-order valence-electron chi connectivity index (χ0n) is 12.0. The SMILES string of the molecule is CCCC1CCN(c2ccc(F)cc2[C@H](C)N)CC1. The summed E-state index contributed by atoms with van der Waals surface area (Å²) in [5.41, 5.74) is 8.01. The third-order valence-electron chi connectivity index (χ3n) is 4.13. The molecule has 1 atom stereocenters. The summed E-state index contributed by atoms with van der Waals surface area (Å²) in [5, 5.41) is 0. The first-order chi connectivity index (χ1) is 9.11. The number of hydrogen-bond donors (Lipinski definition) is 1. The van der Waals surface area contributed by atoms with Gasteiger partial charge in [0.15, 0.2) is 0 Å². The van der Waals surface area contributed by atoms with Crippen LogP contribution in [0, 0.1) is 11.7 Å². The zero-order valence-corrected chi connectivity index (χ0v) is 12.0. The van der Waals surface area contributed by atoms with Crippen LogP contribution in [-0.4, -0.2) is 13.1 Å². The summed E-state index contributed by atoms with van der Waals surface area (Å²) in [6, 6.07) is 4.88. The van der Waals surface area contributed by atoms with Crippen LogP contribution in [0.2, 0.25) is 0 Å². The number of hydrogen-bond acceptors (Lipinski definition) is 2. The van der Waals surface area contributed by atoms with Crippen LogP contribution in [0.5, 0.6) is 0 Å². The van der Waals surface area contributed by atoms with E-state index in [1.54, 1.807) is 12.1 Å². The quantitative estimate of drug-likeness (QED) is 0.894. The van der Waals surface area contributed by atoms with Crippen molar-refractivity contribution in [1.82, 2.24) is 0 Å². The van der Waals surface area contributed by atoms with E-state index >= 15 is 0 Å². The lowest BCUT2D eigenvalue weighted by atomic mass is 9.91. The zero-order chi connectivity index (χ0) is 13.8. The summed E-state index contributed by atoms with van der Waals surface area (Å²) in [4.78, 5) is 2.37. The molecule has 0 aromatic heterocycles. The Balaban J connectivity index is 2.11. The second kappa shape index (κ2) is 6.38. The van der Waals surface area contributed by atoms with Crippen LogP contribution in [-0.2, 0) is 0 Å². The lowest BCUT2D eigenvalue weighted by Crippen LogP contribution is -2.34. The van der Waals surface area contributed by atoms with Crippen molar-refractivity contribution in [1.29, 1.82) is 0 Å². The summed E-state index contributed by atoms with van der Waals surface area (Å²) in [6.45, 7) is 6.30. The van der Waals surface area contributed by atoms with Crippen LogP contribution in [0.3, 0.4) is 0 Å². The Hall–Kier alpha value is -1.09. The van der Waals surface area contributed by atoms with Crippen LogP contribution in [0.1, 0.15) is 51.1 Å². The van der Waals surface area contributed by atoms with Crippen LogP contribution >= 0.6 is 0 Å². The lowest BCUT2D eigenvalue weighted by molar-refractivity contribution is 0.378. The maximum Gasteiger partial charge on any atom is 0.123 e. The van der Waals surface area contributed by atoms with Gasteiger partial charge in [0.25, 0.3) is 0 Å². The molecule has 0 saturated carbocycles. The minimum absolute atomic E-state index is 0.126. The Labute approximate surface area is 115 Å². The Bertz CT molecular complexity index is 409. The van der Waals surface area contributed by atoms with Gasteiger partial charge in [0, 0.05) is 24.8 Å². The highest BCUT2D eigenvalue weighted by Gasteiger charge is 2.21. The molecule has 1 aromatic rings. The van der Waals surface area contributed by atoms with Gasteiger partial charge >= 0.3 is 0 Å². The maximum atomic E-state index is 13.4. The molecule has 0 amide bonds. The first-order valence-corrected chi connectivity index (χ1v) is 7.41. The van der Waals surface area contributed by atoms with E-state index in [0.717, 1.165) is 30.3 Å². The van der Waals surface area contributed by atoms with E-state index in [0.29, 0.717) is 0 Å². The Morgan fingerprint density at radius 3 is 2.63 bits per heavy atom. The van der Waals surface area contributed by atoms with Crippen molar-refractivity contribution in [3.8, 4) is 0 Å². The summed E-state index contributed by atoms with van der Waals surface area (Å²) >= 11 is 0. The molecule has 0 bridgehead atoms. The van der Waals surface area contributed by atoms with E-state index in [1.807, 2.05) is 13.0 Å². The number of piperidine rings is 1. The second-order valence-corrected chi connectivity index (χ2v) is 5.71. The van der Waals surface area contributed by atoms with Crippen LogP contribution in [0.15, 0.2) is 18.2 Å². The highest BCUT2D eigenvalue weighted by molar-refractivity contribution is 5.55. The number of nitrogens with zero attached hydrogens (tertiary/aromatic N) is 1. The molecule has 1 heterocycles. The van der Waals surface area contributed by atoms with Gasteiger partial charge in [-0.05, 0) is 49.4 Å². The molecule has 1 saturated heterocycles. The van der Waals surface area contributed by atoms with E-state index < -0.39 is 0 Å². The predicted molar refractivity (Wildman–Crippen MR) is 78.8 cm³/mol. The van der Waals surface area contributed by atoms with Crippen molar-refractivity contribution < 1.29 is 4.39 Å². The number of rotatable bonds is 4. The van der Waals surface area contributed by atoms with Crippen molar-refractivity contribution in [3.63, 3.8) is 0 Å². The van der Waals surface area contributed by atoms with Crippen molar-refractivity contribution >= 4 is 5.69 Å². The van der Waals surface area contributed by atoms with E-state index in [1.165, 1.54) is 25.7 Å². The van der Waals surface area contributed by atoms with E-state index in [4.69, 9.17) is 5.73 Å². The van der Waals surface area contributed by atoms with Gasteiger partial charge in [0.2, 0.25) is 0 Å². The monoisotopic (exact) mass is 264 g/mol. The fraction of sp³-hybridized carbons (Fsp3) is 0.625. The summed E-state index contributed by atoms with van der Waals surface area (Å²) in [6.07, 6.45) is 5.08. The molecular formula is C16H25FN2. The van der Waals surface area contributed by atoms with Gasteiger partial charge in [0.1, 0.15) is 5.82 Å². The fourth-order valence-corrected chi connectivity index (χ4v) is 3.05. The average Bonchev–Trinajstić information content (AvgIpc) is 2.40. The normalized spacial score (nSPS) is 18.6. The third kappa shape index (κ3) is 3.47. The first-order valence-electron chi connectivity index (χ1n) is 7.41. The molecule has 0 spiro atoms. The highest BCUT2D eigenvalue weighted by atomic mass is 19.1. The van der Waals surface area contributed by atoms with E-state index in [2.05, 4.69) is 11.8 Å². The molecule has 2 N–H and O–H groups in total. The van der Waals surface area contributed by atoms with Crippen molar-refractivity contribution in [2.45, 2.75) is 45.6 Å². The van der Waals surface area contributed by atoms with Crippen molar-refractivity contribution in [2.24, 2.45) is 11.7 Å². The number of halogens is 1. The highest BCUT2D eigenvalue weighted by Crippen LogP contribution is 2.31. The molecule has 1 aliphatic rings. The fourth-order valence-electron chi connectivity index (χ4n) is 3.05. The van der Waals surface area contributed by atoms with E-state index in [-0.39, 0.29) is 11.9 Å². The predicted octanol–water partition coefficient (Wildman–Crippen LogP) is 3.86. The van der Waals surface area contributed by atoms with Crippen molar-refractivity contribution in [2.75, 3.05) is 18.0 Å². The number of benzene rings is 1. The largest absolute Gasteiger partial charge is 0.371 e. The number of nitrogens with two attached hydrogens (primary N) is 1. The van der Waals surface area contributed by atoms with Gasteiger partial charge in [-0.1, -0.05) is 19.8 Å². The Morgan fingerprint density at radius 2 is 2.05 bits per heavy atom. The van der Waals surface area contributed by atoms with Gasteiger partial charge < -0.3 is 10.6 Å². The number of anilines is 1. The molecule has 0 unspecified atom stereocenters. The van der Waals surface area contributed by atoms with Gasteiger partial charge in [-0.2, -0.15) is 0 Å².